The van der Waals surface area contributed by atoms with Gasteiger partial charge >= 0.3 is 5.97 Å². The Morgan fingerprint density at radius 2 is 1.96 bits per heavy atom. The predicted octanol–water partition coefficient (Wildman–Crippen LogP) is 2.23. The van der Waals surface area contributed by atoms with Gasteiger partial charge in [-0.25, -0.2) is 10.2 Å². The Hall–Kier alpha value is -3.35. The van der Waals surface area contributed by atoms with E-state index in [0.29, 0.717) is 22.6 Å². The van der Waals surface area contributed by atoms with Crippen molar-refractivity contribution in [2.45, 2.75) is 6.92 Å². The maximum absolute atomic E-state index is 12.1. The fourth-order valence-corrected chi connectivity index (χ4v) is 2.08. The molecule has 0 bridgehead atoms. The quantitative estimate of drug-likeness (QED) is 0.594. The van der Waals surface area contributed by atoms with Crippen LogP contribution in [-0.2, 0) is 4.79 Å². The summed E-state index contributed by atoms with van der Waals surface area (Å²) in [5, 5.41) is 12.6. The van der Waals surface area contributed by atoms with Crippen molar-refractivity contribution >= 4 is 18.1 Å². The number of methoxy groups -OCH3 is 1. The fraction of sp³-hybridized carbons (Fsp3) is 0.167. The minimum Gasteiger partial charge on any atom is -0.493 e. The van der Waals surface area contributed by atoms with Crippen LogP contribution in [0.15, 0.2) is 47.6 Å². The number of carboxylic acids is 1. The van der Waals surface area contributed by atoms with Crippen LogP contribution in [0.4, 0.5) is 0 Å². The van der Waals surface area contributed by atoms with Crippen LogP contribution in [0.2, 0.25) is 0 Å². The van der Waals surface area contributed by atoms with Crippen molar-refractivity contribution in [3.8, 4) is 11.5 Å². The highest BCUT2D eigenvalue weighted by atomic mass is 16.5. The zero-order valence-electron chi connectivity index (χ0n) is 13.9. The summed E-state index contributed by atoms with van der Waals surface area (Å²) >= 11 is 0. The van der Waals surface area contributed by atoms with Gasteiger partial charge in [-0.15, -0.1) is 0 Å². The SMILES string of the molecule is COc1cc(/C=N\NC(=O)c2ccccc2C)ccc1OCC(=O)O. The third-order valence-electron chi connectivity index (χ3n) is 3.31. The first kappa shape index (κ1) is 18.0. The number of aryl methyl sites for hydroxylation is 1. The Balaban J connectivity index is 2.04. The van der Waals surface area contributed by atoms with Crippen LogP contribution < -0.4 is 14.9 Å². The number of carbonyl (C=O) groups excluding carboxylic acids is 1. The minimum atomic E-state index is -1.08. The van der Waals surface area contributed by atoms with E-state index in [1.54, 1.807) is 30.3 Å². The van der Waals surface area contributed by atoms with Gasteiger partial charge in [-0.05, 0) is 42.3 Å². The van der Waals surface area contributed by atoms with Crippen LogP contribution in [0.25, 0.3) is 0 Å². The van der Waals surface area contributed by atoms with Gasteiger partial charge in [0, 0.05) is 5.56 Å². The Morgan fingerprint density at radius 1 is 1.20 bits per heavy atom. The van der Waals surface area contributed by atoms with E-state index in [1.807, 2.05) is 19.1 Å². The maximum Gasteiger partial charge on any atom is 0.341 e. The van der Waals surface area contributed by atoms with Gasteiger partial charge in [-0.1, -0.05) is 18.2 Å². The maximum atomic E-state index is 12.1. The molecule has 0 aliphatic carbocycles. The number of carbonyl (C=O) groups is 2. The van der Waals surface area contributed by atoms with Gasteiger partial charge in [0.25, 0.3) is 5.91 Å². The number of amides is 1. The third kappa shape index (κ3) is 5.07. The summed E-state index contributed by atoms with van der Waals surface area (Å²) in [4.78, 5) is 22.6. The molecule has 0 saturated carbocycles. The Morgan fingerprint density at radius 3 is 2.64 bits per heavy atom. The van der Waals surface area contributed by atoms with Gasteiger partial charge in [-0.2, -0.15) is 5.10 Å². The van der Waals surface area contributed by atoms with Gasteiger partial charge in [0.2, 0.25) is 0 Å². The number of hydrogen-bond donors (Lipinski definition) is 2. The van der Waals surface area contributed by atoms with Crippen LogP contribution in [0.3, 0.4) is 0 Å². The molecule has 0 saturated heterocycles. The van der Waals surface area contributed by atoms with E-state index in [2.05, 4.69) is 10.5 Å². The number of benzene rings is 2. The Bertz CT molecular complexity index is 802. The normalized spacial score (nSPS) is 10.5. The lowest BCUT2D eigenvalue weighted by Gasteiger charge is -2.09. The molecule has 0 aliphatic rings. The third-order valence-corrected chi connectivity index (χ3v) is 3.31. The predicted molar refractivity (Wildman–Crippen MR) is 92.4 cm³/mol. The summed E-state index contributed by atoms with van der Waals surface area (Å²) in [7, 11) is 1.45. The topological polar surface area (TPSA) is 97.2 Å². The lowest BCUT2D eigenvalue weighted by Crippen LogP contribution is -2.18. The molecule has 0 radical (unpaired) electrons. The van der Waals surface area contributed by atoms with E-state index in [1.165, 1.54) is 13.3 Å². The average molecular weight is 342 g/mol. The molecule has 0 atom stereocenters. The van der Waals surface area contributed by atoms with Gasteiger partial charge in [-0.3, -0.25) is 4.79 Å². The lowest BCUT2D eigenvalue weighted by molar-refractivity contribution is -0.139. The molecule has 0 spiro atoms. The monoisotopic (exact) mass is 342 g/mol. The average Bonchev–Trinajstić information content (AvgIpc) is 2.60. The van der Waals surface area contributed by atoms with Crippen molar-refractivity contribution in [2.75, 3.05) is 13.7 Å². The van der Waals surface area contributed by atoms with Crippen molar-refractivity contribution in [3.05, 3.63) is 59.2 Å². The van der Waals surface area contributed by atoms with E-state index in [0.717, 1.165) is 5.56 Å². The molecule has 0 unspecified atom stereocenters. The van der Waals surface area contributed by atoms with Crippen molar-refractivity contribution in [3.63, 3.8) is 0 Å². The summed E-state index contributed by atoms with van der Waals surface area (Å²) in [6, 6.07) is 12.1. The first-order chi connectivity index (χ1) is 12.0. The second-order valence-electron chi connectivity index (χ2n) is 5.11. The summed E-state index contributed by atoms with van der Waals surface area (Å²) in [5.74, 6) is -0.698. The van der Waals surface area contributed by atoms with Crippen molar-refractivity contribution in [2.24, 2.45) is 5.10 Å². The zero-order valence-corrected chi connectivity index (χ0v) is 13.9. The van der Waals surface area contributed by atoms with E-state index >= 15 is 0 Å². The molecule has 0 heterocycles. The highest BCUT2D eigenvalue weighted by Crippen LogP contribution is 2.27. The van der Waals surface area contributed by atoms with Crippen molar-refractivity contribution in [1.82, 2.24) is 5.43 Å². The van der Waals surface area contributed by atoms with Crippen LogP contribution >= 0.6 is 0 Å². The molecular weight excluding hydrogens is 324 g/mol. The number of hydrazone groups is 1. The van der Waals surface area contributed by atoms with Crippen LogP contribution in [0, 0.1) is 6.92 Å². The molecule has 0 aromatic heterocycles. The molecule has 130 valence electrons. The highest BCUT2D eigenvalue weighted by molar-refractivity contribution is 5.96. The lowest BCUT2D eigenvalue weighted by atomic mass is 10.1. The number of ether oxygens (including phenoxy) is 2. The number of rotatable bonds is 7. The molecule has 2 rings (SSSR count). The first-order valence-corrected chi connectivity index (χ1v) is 7.43. The summed E-state index contributed by atoms with van der Waals surface area (Å²) in [6.45, 7) is 1.38. The van der Waals surface area contributed by atoms with Crippen LogP contribution in [-0.4, -0.2) is 36.9 Å². The molecule has 0 fully saturated rings. The molecule has 25 heavy (non-hydrogen) atoms. The van der Waals surface area contributed by atoms with Crippen molar-refractivity contribution < 1.29 is 24.2 Å². The molecule has 1 amide bonds. The van der Waals surface area contributed by atoms with Crippen LogP contribution in [0.5, 0.6) is 11.5 Å². The van der Waals surface area contributed by atoms with E-state index in [-0.39, 0.29) is 5.91 Å². The van der Waals surface area contributed by atoms with Gasteiger partial charge in [0.15, 0.2) is 18.1 Å². The molecule has 2 aromatic carbocycles. The summed E-state index contributed by atoms with van der Waals surface area (Å²) < 4.78 is 10.3. The van der Waals surface area contributed by atoms with E-state index in [4.69, 9.17) is 14.6 Å². The molecule has 7 heteroatoms. The molecule has 0 aliphatic heterocycles. The van der Waals surface area contributed by atoms with E-state index in [9.17, 15) is 9.59 Å². The zero-order chi connectivity index (χ0) is 18.2. The molecule has 2 N–H and O–H groups in total. The molecular formula is C18H18N2O5. The number of nitrogens with zero attached hydrogens (tertiary/aromatic N) is 1. The van der Waals surface area contributed by atoms with E-state index < -0.39 is 12.6 Å². The smallest absolute Gasteiger partial charge is 0.341 e. The van der Waals surface area contributed by atoms with Gasteiger partial charge in [0.1, 0.15) is 0 Å². The first-order valence-electron chi connectivity index (χ1n) is 7.43. The second-order valence-corrected chi connectivity index (χ2v) is 5.11. The molecule has 2 aromatic rings. The number of aliphatic carboxylic acids is 1. The Kier molecular flexibility index (Phi) is 6.11. The van der Waals surface area contributed by atoms with Crippen LogP contribution in [0.1, 0.15) is 21.5 Å². The largest absolute Gasteiger partial charge is 0.493 e. The fourth-order valence-electron chi connectivity index (χ4n) is 2.08. The number of hydrogen-bond acceptors (Lipinski definition) is 5. The highest BCUT2D eigenvalue weighted by Gasteiger charge is 2.08. The summed E-state index contributed by atoms with van der Waals surface area (Å²) in [5.41, 5.74) is 4.53. The summed E-state index contributed by atoms with van der Waals surface area (Å²) in [6.07, 6.45) is 1.46. The van der Waals surface area contributed by atoms with Gasteiger partial charge in [0.05, 0.1) is 13.3 Å². The minimum absolute atomic E-state index is 0.303. The number of carboxylic acid groups (broad SMARTS) is 1. The Labute approximate surface area is 144 Å². The second kappa shape index (κ2) is 8.49. The van der Waals surface area contributed by atoms with Gasteiger partial charge < -0.3 is 14.6 Å². The van der Waals surface area contributed by atoms with Crippen molar-refractivity contribution in [1.29, 1.82) is 0 Å². The molecule has 7 nitrogen and oxygen atoms in total. The number of nitrogens with one attached hydrogen (secondary N) is 1. The standard InChI is InChI=1S/C18H18N2O5/c1-12-5-3-4-6-14(12)18(23)20-19-10-13-7-8-15(16(9-13)24-2)25-11-17(21)22/h3-10H,11H2,1-2H3,(H,20,23)(H,21,22)/b19-10-.